The third-order valence-electron chi connectivity index (χ3n) is 1.44. The van der Waals surface area contributed by atoms with E-state index in [1.165, 1.54) is 12.1 Å². The van der Waals surface area contributed by atoms with E-state index in [2.05, 4.69) is 0 Å². The Morgan fingerprint density at radius 2 is 1.77 bits per heavy atom. The summed E-state index contributed by atoms with van der Waals surface area (Å²) in [5.74, 6) is 4.81. The van der Waals surface area contributed by atoms with Crippen molar-refractivity contribution in [3.05, 3.63) is 30.1 Å². The molecule has 0 atom stereocenters. The zero-order valence-electron chi connectivity index (χ0n) is 6.94. The second-order valence-electron chi connectivity index (χ2n) is 2.54. The highest BCUT2D eigenvalue weighted by Gasteiger charge is 2.11. The first kappa shape index (κ1) is 9.94. The number of anilines is 1. The van der Waals surface area contributed by atoms with Crippen LogP contribution >= 0.6 is 0 Å². The number of hydrogen-bond donors (Lipinski definition) is 1. The summed E-state index contributed by atoms with van der Waals surface area (Å²) in [5, 5.41) is 0. The van der Waals surface area contributed by atoms with Gasteiger partial charge in [0.05, 0.1) is 11.9 Å². The fourth-order valence-corrected chi connectivity index (χ4v) is 1.28. The predicted molar refractivity (Wildman–Crippen MR) is 47.9 cm³/mol. The van der Waals surface area contributed by atoms with Crippen LogP contribution in [0, 0.1) is 5.82 Å². The van der Waals surface area contributed by atoms with Crippen LogP contribution in [0.3, 0.4) is 0 Å². The molecule has 0 unspecified atom stereocenters. The molecule has 13 heavy (non-hydrogen) atoms. The van der Waals surface area contributed by atoms with Gasteiger partial charge in [-0.3, -0.25) is 0 Å². The van der Waals surface area contributed by atoms with E-state index >= 15 is 0 Å². The van der Waals surface area contributed by atoms with E-state index in [4.69, 9.17) is 5.84 Å². The number of sulfonamides is 1. The first-order chi connectivity index (χ1) is 5.91. The maximum Gasteiger partial charge on any atom is 0.245 e. The summed E-state index contributed by atoms with van der Waals surface area (Å²) in [4.78, 5) is 0. The molecular formula is C7H9FN2O2S. The smallest absolute Gasteiger partial charge is 0.233 e. The van der Waals surface area contributed by atoms with Gasteiger partial charge in [-0.05, 0) is 24.3 Å². The summed E-state index contributed by atoms with van der Waals surface area (Å²) in [7, 11) is -3.48. The Hall–Kier alpha value is -1.14. The van der Waals surface area contributed by atoms with Crippen molar-refractivity contribution in [1.82, 2.24) is 0 Å². The standard InChI is InChI=1S/C7H9FN2O2S/c1-13(11,12)10(9)7-4-2-6(8)3-5-7/h2-5H,9H2,1H3. The van der Waals surface area contributed by atoms with Crippen LogP contribution in [0.2, 0.25) is 0 Å². The Morgan fingerprint density at radius 1 is 1.31 bits per heavy atom. The van der Waals surface area contributed by atoms with Crippen molar-refractivity contribution in [2.24, 2.45) is 5.84 Å². The number of halogens is 1. The first-order valence-electron chi connectivity index (χ1n) is 3.42. The van der Waals surface area contributed by atoms with E-state index < -0.39 is 15.8 Å². The molecule has 1 aromatic rings. The van der Waals surface area contributed by atoms with Crippen LogP contribution < -0.4 is 10.3 Å². The molecule has 4 nitrogen and oxygen atoms in total. The molecule has 0 spiro atoms. The summed E-state index contributed by atoms with van der Waals surface area (Å²) in [6.45, 7) is 0. The zero-order valence-corrected chi connectivity index (χ0v) is 7.75. The van der Waals surface area contributed by atoms with Gasteiger partial charge in [0, 0.05) is 0 Å². The van der Waals surface area contributed by atoms with Crippen molar-refractivity contribution in [1.29, 1.82) is 0 Å². The van der Waals surface area contributed by atoms with Crippen LogP contribution in [0.5, 0.6) is 0 Å². The van der Waals surface area contributed by atoms with Crippen LogP contribution in [0.25, 0.3) is 0 Å². The minimum Gasteiger partial charge on any atom is -0.233 e. The molecular weight excluding hydrogens is 195 g/mol. The van der Waals surface area contributed by atoms with Crippen LogP contribution in [-0.4, -0.2) is 14.7 Å². The largest absolute Gasteiger partial charge is 0.245 e. The fraction of sp³-hybridized carbons (Fsp3) is 0.143. The Bertz CT molecular complexity index is 387. The number of hydrogen-bond acceptors (Lipinski definition) is 3. The molecule has 0 heterocycles. The third kappa shape index (κ3) is 2.40. The van der Waals surface area contributed by atoms with Gasteiger partial charge in [-0.25, -0.2) is 23.1 Å². The summed E-state index contributed by atoms with van der Waals surface area (Å²) in [6, 6.07) is 4.85. The summed E-state index contributed by atoms with van der Waals surface area (Å²) < 4.78 is 34.9. The molecule has 0 bridgehead atoms. The van der Waals surface area contributed by atoms with E-state index in [9.17, 15) is 12.8 Å². The third-order valence-corrected chi connectivity index (χ3v) is 2.36. The Balaban J connectivity index is 3.04. The molecule has 0 fully saturated rings. The minimum atomic E-state index is -3.48. The predicted octanol–water partition coefficient (Wildman–Crippen LogP) is 0.465. The van der Waals surface area contributed by atoms with E-state index in [0.29, 0.717) is 4.41 Å². The SMILES string of the molecule is CS(=O)(=O)N(N)c1ccc(F)cc1. The van der Waals surface area contributed by atoms with Crippen molar-refractivity contribution in [2.45, 2.75) is 0 Å². The first-order valence-corrected chi connectivity index (χ1v) is 5.26. The average molecular weight is 204 g/mol. The Kier molecular flexibility index (Phi) is 2.53. The Labute approximate surface area is 75.8 Å². The van der Waals surface area contributed by atoms with Crippen LogP contribution in [0.4, 0.5) is 10.1 Å². The number of benzene rings is 1. The van der Waals surface area contributed by atoms with Crippen LogP contribution in [-0.2, 0) is 10.0 Å². The van der Waals surface area contributed by atoms with Gasteiger partial charge in [0.15, 0.2) is 0 Å². The van der Waals surface area contributed by atoms with Crippen molar-refractivity contribution in [2.75, 3.05) is 10.7 Å². The van der Waals surface area contributed by atoms with Crippen molar-refractivity contribution >= 4 is 15.7 Å². The van der Waals surface area contributed by atoms with Gasteiger partial charge in [-0.2, -0.15) is 0 Å². The summed E-state index contributed by atoms with van der Waals surface area (Å²) >= 11 is 0. The lowest BCUT2D eigenvalue weighted by Crippen LogP contribution is -2.36. The van der Waals surface area contributed by atoms with E-state index in [-0.39, 0.29) is 5.69 Å². The molecule has 0 radical (unpaired) electrons. The lowest BCUT2D eigenvalue weighted by atomic mass is 10.3. The minimum absolute atomic E-state index is 0.226. The molecule has 2 N–H and O–H groups in total. The molecule has 0 aliphatic carbocycles. The molecule has 72 valence electrons. The highest BCUT2D eigenvalue weighted by Crippen LogP contribution is 2.13. The number of nitrogens with zero attached hydrogens (tertiary/aromatic N) is 1. The van der Waals surface area contributed by atoms with Crippen molar-refractivity contribution in [3.63, 3.8) is 0 Å². The van der Waals surface area contributed by atoms with E-state index in [1.807, 2.05) is 0 Å². The maximum atomic E-state index is 12.4. The van der Waals surface area contributed by atoms with Crippen LogP contribution in [0.15, 0.2) is 24.3 Å². The van der Waals surface area contributed by atoms with Crippen LogP contribution in [0.1, 0.15) is 0 Å². The van der Waals surface area contributed by atoms with Crippen molar-refractivity contribution < 1.29 is 12.8 Å². The maximum absolute atomic E-state index is 12.4. The van der Waals surface area contributed by atoms with E-state index in [0.717, 1.165) is 18.4 Å². The molecule has 6 heteroatoms. The highest BCUT2D eigenvalue weighted by atomic mass is 32.2. The normalized spacial score (nSPS) is 11.3. The van der Waals surface area contributed by atoms with Gasteiger partial charge in [0.2, 0.25) is 10.0 Å². The molecule has 1 rings (SSSR count). The van der Waals surface area contributed by atoms with Gasteiger partial charge in [-0.1, -0.05) is 0 Å². The molecule has 0 aliphatic heterocycles. The summed E-state index contributed by atoms with van der Waals surface area (Å²) in [5.41, 5.74) is 0.226. The fourth-order valence-electron chi connectivity index (χ4n) is 0.779. The zero-order chi connectivity index (χ0) is 10.1. The number of nitrogens with two attached hydrogens (primary N) is 1. The second-order valence-corrected chi connectivity index (χ2v) is 4.39. The molecule has 0 aliphatic rings. The Morgan fingerprint density at radius 3 is 2.15 bits per heavy atom. The lowest BCUT2D eigenvalue weighted by molar-refractivity contribution is 0.597. The van der Waals surface area contributed by atoms with Gasteiger partial charge in [-0.15, -0.1) is 0 Å². The summed E-state index contributed by atoms with van der Waals surface area (Å²) in [6.07, 6.45) is 0.969. The topological polar surface area (TPSA) is 63.4 Å². The van der Waals surface area contributed by atoms with Gasteiger partial charge < -0.3 is 0 Å². The van der Waals surface area contributed by atoms with Gasteiger partial charge >= 0.3 is 0 Å². The van der Waals surface area contributed by atoms with Gasteiger partial charge in [0.1, 0.15) is 5.82 Å². The van der Waals surface area contributed by atoms with Gasteiger partial charge in [0.25, 0.3) is 0 Å². The molecule has 0 saturated heterocycles. The molecule has 1 aromatic carbocycles. The monoisotopic (exact) mass is 204 g/mol. The highest BCUT2D eigenvalue weighted by molar-refractivity contribution is 7.92. The lowest BCUT2D eigenvalue weighted by Gasteiger charge is -2.15. The second kappa shape index (κ2) is 3.31. The quantitative estimate of drug-likeness (QED) is 0.562. The molecule has 0 amide bonds. The van der Waals surface area contributed by atoms with E-state index in [1.54, 1.807) is 0 Å². The average Bonchev–Trinajstić information content (AvgIpc) is 2.03. The molecule has 0 aromatic heterocycles. The molecule has 0 saturated carbocycles. The van der Waals surface area contributed by atoms with Crippen molar-refractivity contribution in [3.8, 4) is 0 Å². The number of rotatable bonds is 2. The number of hydrazine groups is 1.